The van der Waals surface area contributed by atoms with Crippen molar-refractivity contribution in [3.05, 3.63) is 100 Å². The van der Waals surface area contributed by atoms with Crippen LogP contribution in [-0.2, 0) is 26.9 Å². The molecule has 0 aromatic carbocycles. The number of aromatic nitrogens is 7. The van der Waals surface area contributed by atoms with Crippen LogP contribution >= 0.6 is 0 Å². The van der Waals surface area contributed by atoms with Gasteiger partial charge in [-0.05, 0) is 90.5 Å². The molecule has 12 rings (SSSR count). The van der Waals surface area contributed by atoms with Gasteiger partial charge in [0.1, 0.15) is 64.9 Å². The summed E-state index contributed by atoms with van der Waals surface area (Å²) >= 11 is 0. The molecule has 5 fully saturated rings. The van der Waals surface area contributed by atoms with Crippen LogP contribution in [0.15, 0.2) is 67.6 Å². The van der Waals surface area contributed by atoms with E-state index in [-0.39, 0.29) is 59.5 Å². The molecule has 5 atom stereocenters. The van der Waals surface area contributed by atoms with Crippen molar-refractivity contribution in [2.45, 2.75) is 127 Å². The Morgan fingerprint density at radius 2 is 1.29 bits per heavy atom. The van der Waals surface area contributed by atoms with Crippen molar-refractivity contribution in [3.8, 4) is 6.07 Å². The van der Waals surface area contributed by atoms with Gasteiger partial charge >= 0.3 is 6.07 Å². The van der Waals surface area contributed by atoms with E-state index in [2.05, 4.69) is 69.7 Å². The number of amides is 2. The number of hydrogen-bond acceptors (Lipinski definition) is 15. The van der Waals surface area contributed by atoms with Gasteiger partial charge < -0.3 is 39.5 Å². The lowest BCUT2D eigenvalue weighted by molar-refractivity contribution is -0.144. The predicted octanol–water partition coefficient (Wildman–Crippen LogP) is 6.87. The number of piperazine rings is 2. The Morgan fingerprint density at radius 3 is 1.89 bits per heavy atom. The van der Waals surface area contributed by atoms with Gasteiger partial charge in [-0.15, -0.1) is 0 Å². The van der Waals surface area contributed by atoms with Crippen molar-refractivity contribution in [2.75, 3.05) is 77.8 Å². The topological polar surface area (TPSA) is 169 Å². The Hall–Kier alpha value is -7.00. The third kappa shape index (κ3) is 7.73. The maximum Gasteiger partial charge on any atom is 0.311 e. The number of pyridine rings is 3. The molecule has 0 bridgehead atoms. The summed E-state index contributed by atoms with van der Waals surface area (Å²) in [5.41, 5.74) is 5.23. The third-order valence-corrected chi connectivity index (χ3v) is 16.9. The normalized spacial score (nSPS) is 24.7. The minimum Gasteiger partial charge on any atom is -0.388 e. The van der Waals surface area contributed by atoms with Gasteiger partial charge in [-0.2, -0.15) is 0 Å². The number of anilines is 7. The Balaban J connectivity index is 0.748. The van der Waals surface area contributed by atoms with E-state index in [1.807, 2.05) is 53.4 Å². The number of carbonyl (C=O) groups is 2. The van der Waals surface area contributed by atoms with Crippen molar-refractivity contribution < 1.29 is 14.3 Å². The minimum atomic E-state index is -0.326. The van der Waals surface area contributed by atoms with Crippen molar-refractivity contribution in [2.24, 2.45) is 0 Å². The first kappa shape index (κ1) is 46.1. The molecule has 72 heavy (non-hydrogen) atoms. The number of hydrogen-bond donors (Lipinski definition) is 1. The summed E-state index contributed by atoms with van der Waals surface area (Å²) in [6.07, 6.45) is 16.7. The Kier molecular flexibility index (Phi) is 11.7. The fourth-order valence-electron chi connectivity index (χ4n) is 12.7. The van der Waals surface area contributed by atoms with Crippen LogP contribution in [0.5, 0.6) is 0 Å². The molecular formula is C54H64N15O3+. The fourth-order valence-corrected chi connectivity index (χ4v) is 12.7. The first-order valence-corrected chi connectivity index (χ1v) is 26.0. The Labute approximate surface area is 421 Å². The van der Waals surface area contributed by atoms with Crippen LogP contribution in [-0.4, -0.2) is 140 Å². The summed E-state index contributed by atoms with van der Waals surface area (Å²) in [5, 5.41) is 3.25. The molecule has 5 aromatic heterocycles. The predicted molar refractivity (Wildman–Crippen MR) is 276 cm³/mol. The molecule has 18 nitrogen and oxygen atoms in total. The molecule has 5 aliphatic heterocycles. The number of nitrogens with zero attached hydrogens (tertiary/aromatic N) is 14. The van der Waals surface area contributed by atoms with E-state index >= 15 is 0 Å². The zero-order valence-electron chi connectivity index (χ0n) is 42.0. The SMILES string of the molecule is CNc1ccnc(N2CC3(CCC3)c3c2ncnc3N2C[C@@H](C)N(C(=O)c3ncccc3C[N+]#Cc3ccnc(N4CC5(CCC5)c5c4ncnc5N4C[C@@H](C)N(C(=O)[C@H]5CCCO5)C[C@@H]4C)c3)C[C@@H]2C)c1. The van der Waals surface area contributed by atoms with Gasteiger partial charge in [0.15, 0.2) is 0 Å². The highest BCUT2D eigenvalue weighted by Crippen LogP contribution is 2.58. The van der Waals surface area contributed by atoms with Crippen LogP contribution in [0.3, 0.4) is 0 Å². The van der Waals surface area contributed by atoms with E-state index in [0.29, 0.717) is 38.5 Å². The van der Waals surface area contributed by atoms with Crippen LogP contribution in [0.2, 0.25) is 0 Å². The largest absolute Gasteiger partial charge is 0.388 e. The average molecular weight is 971 g/mol. The monoisotopic (exact) mass is 971 g/mol. The van der Waals surface area contributed by atoms with Crippen LogP contribution in [0.4, 0.5) is 40.6 Å². The minimum absolute atomic E-state index is 0.00269. The molecule has 5 aromatic rings. The average Bonchev–Trinajstić information content (AvgIpc) is 4.14. The van der Waals surface area contributed by atoms with Crippen LogP contribution < -0.4 is 24.9 Å². The zero-order valence-corrected chi connectivity index (χ0v) is 42.0. The highest BCUT2D eigenvalue weighted by Gasteiger charge is 2.54. The maximum atomic E-state index is 14.6. The van der Waals surface area contributed by atoms with E-state index < -0.39 is 0 Å². The van der Waals surface area contributed by atoms with Crippen LogP contribution in [0.25, 0.3) is 4.85 Å². The zero-order chi connectivity index (χ0) is 49.3. The second-order valence-electron chi connectivity index (χ2n) is 21.4. The molecule has 1 N–H and O–H groups in total. The highest BCUT2D eigenvalue weighted by atomic mass is 16.5. The molecular weight excluding hydrogens is 907 g/mol. The second-order valence-corrected chi connectivity index (χ2v) is 21.4. The van der Waals surface area contributed by atoms with Crippen LogP contribution in [0.1, 0.15) is 112 Å². The van der Waals surface area contributed by atoms with Crippen molar-refractivity contribution >= 4 is 52.4 Å². The smallest absolute Gasteiger partial charge is 0.311 e. The van der Waals surface area contributed by atoms with E-state index in [0.717, 1.165) is 110 Å². The lowest BCUT2D eigenvalue weighted by atomic mass is 9.66. The Bertz CT molecular complexity index is 2980. The summed E-state index contributed by atoms with van der Waals surface area (Å²) in [7, 11) is 1.92. The third-order valence-electron chi connectivity index (χ3n) is 16.9. The van der Waals surface area contributed by atoms with Gasteiger partial charge in [0.2, 0.25) is 0 Å². The second kappa shape index (κ2) is 18.2. The highest BCUT2D eigenvalue weighted by molar-refractivity contribution is 5.94. The molecule has 2 saturated carbocycles. The lowest BCUT2D eigenvalue weighted by Gasteiger charge is -2.47. The van der Waals surface area contributed by atoms with Gasteiger partial charge in [0.05, 0.1) is 5.56 Å². The number of rotatable bonds is 8. The standard InChI is InChI=1S/C54H64N15O3/c1-34-28-66(51(70)41-11-7-21-72-41)36(3)26-64(34)47-44-49(62-32-60-47)68(30-53(44)14-8-15-53)42-22-38(12-19-57-42)24-56-25-39-10-6-18-59-46(39)52(71)67-29-35(2)65(27-37(67)4)48-45-50(63-33-61-48)69(31-54(45)16-9-17-54)43-23-40(55-5)13-20-58-43/h6,10,12-13,18-20,22-23,32-37,41H,7-9,11,14-17,21,25-31H2,1-5H3,(H,55,58)/q+1/t34-,35-,36+,37+,41+/m0/s1. The van der Waals surface area contributed by atoms with Crippen molar-refractivity contribution in [1.82, 2.24) is 44.7 Å². The lowest BCUT2D eigenvalue weighted by Crippen LogP contribution is -2.60. The molecule has 10 heterocycles. The summed E-state index contributed by atoms with van der Waals surface area (Å²) in [5.74, 6) is 5.42. The van der Waals surface area contributed by atoms with Gasteiger partial charge in [-0.3, -0.25) is 14.6 Å². The molecule has 3 saturated heterocycles. The first-order chi connectivity index (χ1) is 35.0. The number of nitrogens with one attached hydrogen (secondary N) is 1. The van der Waals surface area contributed by atoms with Gasteiger partial charge in [-0.1, -0.05) is 17.7 Å². The first-order valence-electron chi connectivity index (χ1n) is 26.0. The summed E-state index contributed by atoms with van der Waals surface area (Å²) in [6, 6.07) is 15.0. The molecule has 0 unspecified atom stereocenters. The summed E-state index contributed by atoms with van der Waals surface area (Å²) in [6.45, 7) is 13.6. The van der Waals surface area contributed by atoms with E-state index in [4.69, 9.17) is 39.5 Å². The molecule has 18 heteroatoms. The summed E-state index contributed by atoms with van der Waals surface area (Å²) in [4.78, 5) is 80.1. The Morgan fingerprint density at radius 1 is 0.694 bits per heavy atom. The van der Waals surface area contributed by atoms with E-state index in [1.165, 1.54) is 17.5 Å². The fraction of sp³-hybridized carbons (Fsp3) is 0.519. The number of fused-ring (bicyclic) bond motifs is 4. The number of ether oxygens (including phenoxy) is 1. The number of carbonyl (C=O) groups excluding carboxylic acids is 2. The molecule has 0 radical (unpaired) electrons. The van der Waals surface area contributed by atoms with E-state index in [1.54, 1.807) is 25.0 Å². The quantitative estimate of drug-likeness (QED) is 0.171. The molecule has 372 valence electrons. The molecule has 7 aliphatic rings. The maximum absolute atomic E-state index is 14.6. The molecule has 2 aliphatic carbocycles. The summed E-state index contributed by atoms with van der Waals surface area (Å²) < 4.78 is 5.79. The van der Waals surface area contributed by atoms with Crippen molar-refractivity contribution in [1.29, 1.82) is 0 Å². The van der Waals surface area contributed by atoms with Crippen LogP contribution in [0, 0.1) is 6.07 Å². The van der Waals surface area contributed by atoms with Gasteiger partial charge in [0, 0.05) is 135 Å². The molecule has 2 amide bonds. The van der Waals surface area contributed by atoms with E-state index in [9.17, 15) is 9.59 Å². The van der Waals surface area contributed by atoms with Gasteiger partial charge in [-0.25, -0.2) is 29.9 Å². The molecule has 2 spiro atoms. The van der Waals surface area contributed by atoms with Gasteiger partial charge in [0.25, 0.3) is 18.4 Å². The van der Waals surface area contributed by atoms with Crippen molar-refractivity contribution in [3.63, 3.8) is 0 Å².